The molecule has 194 valence electrons. The molecule has 11 heteroatoms. The third-order valence-corrected chi connectivity index (χ3v) is 6.39. The van der Waals surface area contributed by atoms with Gasteiger partial charge in [0, 0.05) is 51.7 Å². The van der Waals surface area contributed by atoms with E-state index in [1.165, 1.54) is 14.2 Å². The molecule has 4 rings (SSSR count). The first kappa shape index (κ1) is 25.7. The van der Waals surface area contributed by atoms with Crippen LogP contribution in [0.15, 0.2) is 36.5 Å². The molecule has 2 amide bonds. The van der Waals surface area contributed by atoms with E-state index in [4.69, 9.17) is 19.6 Å². The summed E-state index contributed by atoms with van der Waals surface area (Å²) in [4.78, 5) is 42.2. The molecule has 1 saturated heterocycles. The van der Waals surface area contributed by atoms with Gasteiger partial charge in [0.05, 0.1) is 37.2 Å². The third kappa shape index (κ3) is 5.88. The van der Waals surface area contributed by atoms with Crippen LogP contribution >= 0.6 is 0 Å². The van der Waals surface area contributed by atoms with Crippen LogP contribution in [0.2, 0.25) is 0 Å². The van der Waals surface area contributed by atoms with E-state index in [1.54, 1.807) is 24.4 Å². The Kier molecular flexibility index (Phi) is 8.60. The standard InChI is InChI=1S/C25H34N6O5/c1-5-30-11-13-31(14-12-30)10-9-26-25(32)28-23-16-18-15-19(29(2)20(18)17-27-23)24-21(35-33-3)7-6-8-22(24)36-34-4/h6-8,15-17H,5,9-14H2,1-4H3,(H2,26,27,28,32). The van der Waals surface area contributed by atoms with Crippen molar-refractivity contribution < 1.29 is 24.3 Å². The Hall–Kier alpha value is -3.38. The summed E-state index contributed by atoms with van der Waals surface area (Å²) in [7, 11) is 4.79. The van der Waals surface area contributed by atoms with Crippen LogP contribution in [0.5, 0.6) is 11.5 Å². The van der Waals surface area contributed by atoms with Crippen molar-refractivity contribution in [3.8, 4) is 22.8 Å². The molecule has 0 radical (unpaired) electrons. The van der Waals surface area contributed by atoms with Gasteiger partial charge in [0.15, 0.2) is 11.5 Å². The van der Waals surface area contributed by atoms with Crippen LogP contribution in [-0.2, 0) is 16.8 Å². The van der Waals surface area contributed by atoms with Gasteiger partial charge in [0.1, 0.15) is 5.82 Å². The predicted molar refractivity (Wildman–Crippen MR) is 137 cm³/mol. The lowest BCUT2D eigenvalue weighted by molar-refractivity contribution is -0.183. The van der Waals surface area contributed by atoms with E-state index < -0.39 is 0 Å². The Morgan fingerprint density at radius 2 is 1.69 bits per heavy atom. The van der Waals surface area contributed by atoms with Gasteiger partial charge >= 0.3 is 6.03 Å². The van der Waals surface area contributed by atoms with Crippen LogP contribution in [0.4, 0.5) is 10.6 Å². The molecule has 36 heavy (non-hydrogen) atoms. The number of rotatable bonds is 10. The average Bonchev–Trinajstić information content (AvgIpc) is 3.20. The SMILES string of the molecule is CCN1CCN(CCNC(=O)Nc2cc3cc(-c4c(OOC)cccc4OOC)n(C)c3cn2)CC1. The molecule has 3 aromatic rings. The van der Waals surface area contributed by atoms with Gasteiger partial charge in [0.2, 0.25) is 0 Å². The summed E-state index contributed by atoms with van der Waals surface area (Å²) in [6.07, 6.45) is 1.72. The Morgan fingerprint density at radius 1 is 1.03 bits per heavy atom. The summed E-state index contributed by atoms with van der Waals surface area (Å²) >= 11 is 0. The van der Waals surface area contributed by atoms with Crippen LogP contribution in [0.1, 0.15) is 6.92 Å². The lowest BCUT2D eigenvalue weighted by atomic mass is 10.1. The summed E-state index contributed by atoms with van der Waals surface area (Å²) in [5.41, 5.74) is 2.33. The molecule has 0 atom stereocenters. The highest BCUT2D eigenvalue weighted by molar-refractivity contribution is 5.94. The first-order valence-electron chi connectivity index (χ1n) is 12.0. The number of carbonyl (C=O) groups excluding carboxylic acids is 1. The zero-order chi connectivity index (χ0) is 25.5. The van der Waals surface area contributed by atoms with Crippen molar-refractivity contribution in [3.63, 3.8) is 0 Å². The number of likely N-dealkylation sites (N-methyl/N-ethyl adjacent to an activating group) is 1. The number of hydrogen-bond acceptors (Lipinski definition) is 8. The first-order valence-corrected chi connectivity index (χ1v) is 12.0. The predicted octanol–water partition coefficient (Wildman–Crippen LogP) is 2.88. The molecule has 11 nitrogen and oxygen atoms in total. The van der Waals surface area contributed by atoms with E-state index in [9.17, 15) is 4.79 Å². The van der Waals surface area contributed by atoms with Crippen molar-refractivity contribution in [2.24, 2.45) is 7.05 Å². The fourth-order valence-electron chi connectivity index (χ4n) is 4.44. The Morgan fingerprint density at radius 3 is 2.33 bits per heavy atom. The number of fused-ring (bicyclic) bond motifs is 1. The number of benzene rings is 1. The van der Waals surface area contributed by atoms with Crippen LogP contribution in [0.25, 0.3) is 22.2 Å². The maximum Gasteiger partial charge on any atom is 0.320 e. The van der Waals surface area contributed by atoms with Gasteiger partial charge in [-0.2, -0.15) is 9.78 Å². The van der Waals surface area contributed by atoms with E-state index in [2.05, 4.69) is 32.3 Å². The van der Waals surface area contributed by atoms with E-state index in [-0.39, 0.29) is 6.03 Å². The summed E-state index contributed by atoms with van der Waals surface area (Å²) in [6, 6.07) is 8.86. The fourth-order valence-corrected chi connectivity index (χ4v) is 4.44. The zero-order valence-electron chi connectivity index (χ0n) is 21.2. The summed E-state index contributed by atoms with van der Waals surface area (Å²) in [6.45, 7) is 8.89. The van der Waals surface area contributed by atoms with E-state index >= 15 is 0 Å². The van der Waals surface area contributed by atoms with Gasteiger partial charge in [-0.25, -0.2) is 9.78 Å². The van der Waals surface area contributed by atoms with Crippen molar-refractivity contribution in [1.29, 1.82) is 0 Å². The molecule has 0 saturated carbocycles. The minimum Gasteiger partial charge on any atom is -0.342 e. The lowest BCUT2D eigenvalue weighted by Crippen LogP contribution is -2.48. The molecule has 2 N–H and O–H groups in total. The van der Waals surface area contributed by atoms with E-state index in [0.717, 1.165) is 55.9 Å². The second-order valence-corrected chi connectivity index (χ2v) is 8.50. The molecule has 3 heterocycles. The molecule has 0 spiro atoms. The number of aromatic nitrogens is 2. The minimum absolute atomic E-state index is 0.278. The molecule has 0 bridgehead atoms. The van der Waals surface area contributed by atoms with Gasteiger partial charge < -0.3 is 24.6 Å². The number of anilines is 1. The number of aryl methyl sites for hydroxylation is 1. The number of urea groups is 1. The van der Waals surface area contributed by atoms with Gasteiger partial charge in [0.25, 0.3) is 0 Å². The van der Waals surface area contributed by atoms with E-state index in [1.807, 2.05) is 23.7 Å². The second kappa shape index (κ2) is 12.0. The normalized spacial score (nSPS) is 14.7. The van der Waals surface area contributed by atoms with Gasteiger partial charge in [-0.3, -0.25) is 10.2 Å². The molecular formula is C25H34N6O5. The largest absolute Gasteiger partial charge is 0.342 e. The zero-order valence-corrected chi connectivity index (χ0v) is 21.2. The molecule has 1 aromatic carbocycles. The molecule has 2 aromatic heterocycles. The number of nitrogens with zero attached hydrogens (tertiary/aromatic N) is 4. The number of amides is 2. The van der Waals surface area contributed by atoms with Crippen LogP contribution in [-0.4, -0.2) is 85.4 Å². The minimum atomic E-state index is -0.278. The molecule has 1 aliphatic rings. The number of pyridine rings is 1. The topological polar surface area (TPSA) is 102 Å². The number of hydrogen-bond donors (Lipinski definition) is 2. The highest BCUT2D eigenvalue weighted by Gasteiger charge is 2.20. The summed E-state index contributed by atoms with van der Waals surface area (Å²) in [5, 5.41) is 6.65. The quantitative estimate of drug-likeness (QED) is 0.325. The Bertz CT molecular complexity index is 1150. The Balaban J connectivity index is 1.45. The van der Waals surface area contributed by atoms with Gasteiger partial charge in [-0.1, -0.05) is 13.0 Å². The van der Waals surface area contributed by atoms with Gasteiger partial charge in [-0.15, -0.1) is 0 Å². The van der Waals surface area contributed by atoms with Crippen molar-refractivity contribution in [3.05, 3.63) is 36.5 Å². The van der Waals surface area contributed by atoms with Crippen molar-refractivity contribution >= 4 is 22.8 Å². The monoisotopic (exact) mass is 498 g/mol. The molecule has 1 aliphatic heterocycles. The smallest absolute Gasteiger partial charge is 0.320 e. The number of carbonyl (C=O) groups is 1. The highest BCUT2D eigenvalue weighted by Crippen LogP contribution is 2.41. The lowest BCUT2D eigenvalue weighted by Gasteiger charge is -2.33. The second-order valence-electron chi connectivity index (χ2n) is 8.50. The Labute approximate surface area is 210 Å². The summed E-state index contributed by atoms with van der Waals surface area (Å²) < 4.78 is 1.96. The maximum atomic E-state index is 12.5. The molecular weight excluding hydrogens is 464 g/mol. The highest BCUT2D eigenvalue weighted by atomic mass is 17.2. The molecule has 0 unspecified atom stereocenters. The van der Waals surface area contributed by atoms with Gasteiger partial charge in [-0.05, 0) is 30.8 Å². The molecule has 0 aliphatic carbocycles. The van der Waals surface area contributed by atoms with E-state index in [0.29, 0.717) is 29.4 Å². The average molecular weight is 499 g/mol. The number of nitrogens with one attached hydrogen (secondary N) is 2. The van der Waals surface area contributed by atoms with Crippen molar-refractivity contribution in [1.82, 2.24) is 24.7 Å². The molecule has 1 fully saturated rings. The van der Waals surface area contributed by atoms with Crippen LogP contribution in [0, 0.1) is 0 Å². The van der Waals surface area contributed by atoms with Crippen molar-refractivity contribution in [2.75, 3.05) is 65.3 Å². The summed E-state index contributed by atoms with van der Waals surface area (Å²) in [5.74, 6) is 1.41. The fraction of sp³-hybridized carbons (Fsp3) is 0.440. The van der Waals surface area contributed by atoms with Crippen LogP contribution < -0.4 is 20.4 Å². The third-order valence-electron chi connectivity index (χ3n) is 6.39. The first-order chi connectivity index (χ1) is 17.5. The van der Waals surface area contributed by atoms with Crippen LogP contribution in [0.3, 0.4) is 0 Å². The maximum absolute atomic E-state index is 12.5. The number of piperazine rings is 1. The van der Waals surface area contributed by atoms with Crippen molar-refractivity contribution in [2.45, 2.75) is 6.92 Å².